The Morgan fingerprint density at radius 2 is 1.69 bits per heavy atom. The second kappa shape index (κ2) is 11.5. The summed E-state index contributed by atoms with van der Waals surface area (Å²) in [6, 6.07) is 15.3. The number of carbonyl (C=O) groups excluding carboxylic acids is 2. The van der Waals surface area contributed by atoms with Gasteiger partial charge >= 0.3 is 12.0 Å². The van der Waals surface area contributed by atoms with E-state index in [1.807, 2.05) is 30.3 Å². The summed E-state index contributed by atoms with van der Waals surface area (Å²) in [5.41, 5.74) is 1.97. The Morgan fingerprint density at radius 3 is 2.48 bits per heavy atom. The minimum atomic E-state index is -1.10. The molecule has 0 bridgehead atoms. The molecule has 4 heterocycles. The van der Waals surface area contributed by atoms with Gasteiger partial charge in [-0.3, -0.25) is 14.7 Å². The Bertz CT molecular complexity index is 1630. The Kier molecular flexibility index (Phi) is 7.48. The van der Waals surface area contributed by atoms with E-state index in [1.165, 1.54) is 18.7 Å². The third-order valence-electron chi connectivity index (χ3n) is 6.98. The summed E-state index contributed by atoms with van der Waals surface area (Å²) in [5.74, 6) is -1.38. The third-order valence-corrected chi connectivity index (χ3v) is 6.98. The first kappa shape index (κ1) is 27.3. The first-order chi connectivity index (χ1) is 20.4. The number of aromatic carboxylic acids is 1. The van der Waals surface area contributed by atoms with Crippen LogP contribution in [-0.2, 0) is 25.5 Å². The number of hydrogen-bond acceptors (Lipinski definition) is 9. The minimum absolute atomic E-state index is 0.0255. The van der Waals surface area contributed by atoms with E-state index >= 15 is 0 Å². The van der Waals surface area contributed by atoms with Crippen molar-refractivity contribution >= 4 is 34.9 Å². The number of carbonyl (C=O) groups is 3. The fourth-order valence-electron chi connectivity index (χ4n) is 5.06. The maximum atomic E-state index is 13.5. The lowest BCUT2D eigenvalue weighted by atomic mass is 10.1. The number of nitrogens with one attached hydrogen (secondary N) is 3. The van der Waals surface area contributed by atoms with Crippen molar-refractivity contribution in [2.45, 2.75) is 44.3 Å². The number of imidazole rings is 1. The number of carboxylic acids is 1. The molecule has 3 amide bonds. The maximum Gasteiger partial charge on any atom is 0.336 e. The molecular weight excluding hydrogens is 546 g/mol. The molecule has 2 aliphatic rings. The standard InChI is InChI=1S/C28H27N7O7/c1-2-29-28(39)34-22-18-23(32-13-31-22)35(14-33-18)25-21-19(41-27(42-21)15-8-4-3-5-9-15)20(40-25)24(36)30-12-16-10-6-7-11-17(16)26(37)38/h3-11,13-14,19-21,25,27H,2,12H2,1H3,(H,30,36)(H,37,38)(H2,29,31,32,34,39)/t19?,20?,21?,25?,27-/m0/s1. The monoisotopic (exact) mass is 573 g/mol. The van der Waals surface area contributed by atoms with Crippen LogP contribution in [0.5, 0.6) is 0 Å². The van der Waals surface area contributed by atoms with Gasteiger partial charge in [-0.15, -0.1) is 0 Å². The molecule has 4 aromatic rings. The van der Waals surface area contributed by atoms with Crippen LogP contribution in [0.2, 0.25) is 0 Å². The molecule has 42 heavy (non-hydrogen) atoms. The molecule has 216 valence electrons. The number of aromatic nitrogens is 4. The highest BCUT2D eigenvalue weighted by atomic mass is 16.8. The summed E-state index contributed by atoms with van der Waals surface area (Å²) in [6.07, 6.45) is -1.49. The summed E-state index contributed by atoms with van der Waals surface area (Å²) < 4.78 is 20.4. The van der Waals surface area contributed by atoms with Crippen LogP contribution >= 0.6 is 0 Å². The largest absolute Gasteiger partial charge is 0.478 e. The SMILES string of the molecule is CCNC(=O)Nc1ncnc2c1ncn2C1OC(C(=O)NCc2ccccc2C(=O)O)C2O[C@H](c3ccccc3)OC21. The molecule has 0 saturated carbocycles. The van der Waals surface area contributed by atoms with E-state index in [4.69, 9.17) is 14.2 Å². The smallest absolute Gasteiger partial charge is 0.336 e. The molecule has 0 aliphatic carbocycles. The third kappa shape index (κ3) is 5.13. The van der Waals surface area contributed by atoms with E-state index in [9.17, 15) is 19.5 Å². The zero-order chi connectivity index (χ0) is 29.2. The molecule has 14 heteroatoms. The molecule has 2 saturated heterocycles. The van der Waals surface area contributed by atoms with Crippen LogP contribution in [0.25, 0.3) is 11.2 Å². The van der Waals surface area contributed by atoms with Crippen LogP contribution in [0, 0.1) is 0 Å². The van der Waals surface area contributed by atoms with Crippen LogP contribution < -0.4 is 16.0 Å². The highest BCUT2D eigenvalue weighted by Gasteiger charge is 2.56. The average Bonchev–Trinajstić information content (AvgIpc) is 3.71. The molecule has 2 aromatic heterocycles. The van der Waals surface area contributed by atoms with E-state index in [0.29, 0.717) is 23.3 Å². The highest BCUT2D eigenvalue weighted by molar-refractivity contribution is 5.95. The van der Waals surface area contributed by atoms with E-state index < -0.39 is 48.7 Å². The maximum absolute atomic E-state index is 13.5. The lowest BCUT2D eigenvalue weighted by Gasteiger charge is -2.21. The lowest BCUT2D eigenvalue weighted by molar-refractivity contribution is -0.161. The topological polar surface area (TPSA) is 179 Å². The Labute approximate surface area is 239 Å². The molecule has 0 spiro atoms. The molecule has 2 fully saturated rings. The summed E-state index contributed by atoms with van der Waals surface area (Å²) in [5, 5.41) is 17.6. The van der Waals surface area contributed by atoms with Crippen molar-refractivity contribution in [3.63, 3.8) is 0 Å². The van der Waals surface area contributed by atoms with Crippen molar-refractivity contribution in [3.8, 4) is 0 Å². The first-order valence-corrected chi connectivity index (χ1v) is 13.3. The van der Waals surface area contributed by atoms with Gasteiger partial charge < -0.3 is 30.0 Å². The normalized spacial score (nSPS) is 22.9. The molecule has 2 aliphatic heterocycles. The summed E-state index contributed by atoms with van der Waals surface area (Å²) in [4.78, 5) is 50.1. The summed E-state index contributed by atoms with van der Waals surface area (Å²) >= 11 is 0. The molecular formula is C28H27N7O7. The number of amides is 3. The van der Waals surface area contributed by atoms with Crippen molar-refractivity contribution in [1.29, 1.82) is 0 Å². The minimum Gasteiger partial charge on any atom is -0.478 e. The highest BCUT2D eigenvalue weighted by Crippen LogP contribution is 2.45. The number of fused-ring (bicyclic) bond motifs is 2. The van der Waals surface area contributed by atoms with Crippen LogP contribution in [0.3, 0.4) is 0 Å². The van der Waals surface area contributed by atoms with Crippen molar-refractivity contribution in [2.75, 3.05) is 11.9 Å². The molecule has 5 atom stereocenters. The number of anilines is 1. The summed E-state index contributed by atoms with van der Waals surface area (Å²) in [6.45, 7) is 2.20. The number of ether oxygens (including phenoxy) is 3. The van der Waals surface area contributed by atoms with Gasteiger partial charge in [0.25, 0.3) is 5.91 Å². The van der Waals surface area contributed by atoms with Crippen molar-refractivity contribution in [3.05, 3.63) is 83.9 Å². The van der Waals surface area contributed by atoms with Crippen molar-refractivity contribution < 1.29 is 33.7 Å². The number of rotatable bonds is 8. The summed E-state index contributed by atoms with van der Waals surface area (Å²) in [7, 11) is 0. The van der Waals surface area contributed by atoms with Crippen LogP contribution in [0.4, 0.5) is 10.6 Å². The number of nitrogens with zero attached hydrogens (tertiary/aromatic N) is 4. The predicted molar refractivity (Wildman–Crippen MR) is 146 cm³/mol. The zero-order valence-corrected chi connectivity index (χ0v) is 22.3. The number of benzene rings is 2. The van der Waals surface area contributed by atoms with Gasteiger partial charge in [0.1, 0.15) is 18.5 Å². The van der Waals surface area contributed by atoms with Gasteiger partial charge in [0.05, 0.1) is 11.9 Å². The van der Waals surface area contributed by atoms with Gasteiger partial charge in [0, 0.05) is 18.7 Å². The van der Waals surface area contributed by atoms with Gasteiger partial charge in [0.2, 0.25) is 0 Å². The molecule has 4 unspecified atom stereocenters. The first-order valence-electron chi connectivity index (χ1n) is 13.3. The van der Waals surface area contributed by atoms with Gasteiger partial charge in [-0.25, -0.2) is 24.5 Å². The average molecular weight is 574 g/mol. The quantitative estimate of drug-likeness (QED) is 0.244. The van der Waals surface area contributed by atoms with E-state index in [2.05, 4.69) is 30.9 Å². The van der Waals surface area contributed by atoms with Crippen LogP contribution in [0.1, 0.15) is 40.9 Å². The molecule has 6 rings (SSSR count). The lowest BCUT2D eigenvalue weighted by Crippen LogP contribution is -2.42. The fourth-order valence-corrected chi connectivity index (χ4v) is 5.06. The second-order valence-electron chi connectivity index (χ2n) is 9.60. The van der Waals surface area contributed by atoms with Crippen molar-refractivity contribution in [1.82, 2.24) is 30.2 Å². The molecule has 0 radical (unpaired) electrons. The van der Waals surface area contributed by atoms with Crippen LogP contribution in [0.15, 0.2) is 67.3 Å². The van der Waals surface area contributed by atoms with Gasteiger partial charge in [0.15, 0.2) is 35.6 Å². The van der Waals surface area contributed by atoms with Gasteiger partial charge in [-0.1, -0.05) is 48.5 Å². The van der Waals surface area contributed by atoms with Gasteiger partial charge in [-0.05, 0) is 18.6 Å². The Morgan fingerprint density at radius 1 is 0.929 bits per heavy atom. The zero-order valence-electron chi connectivity index (χ0n) is 22.3. The predicted octanol–water partition coefficient (Wildman–Crippen LogP) is 2.36. The number of hydrogen-bond donors (Lipinski definition) is 4. The van der Waals surface area contributed by atoms with E-state index in [-0.39, 0.29) is 17.9 Å². The Hall–Kier alpha value is -4.92. The molecule has 2 aromatic carbocycles. The number of carboxylic acid groups (broad SMARTS) is 1. The van der Waals surface area contributed by atoms with E-state index in [1.54, 1.807) is 29.7 Å². The second-order valence-corrected chi connectivity index (χ2v) is 9.60. The van der Waals surface area contributed by atoms with Crippen molar-refractivity contribution in [2.24, 2.45) is 0 Å². The molecule has 14 nitrogen and oxygen atoms in total. The number of urea groups is 1. The van der Waals surface area contributed by atoms with Crippen LogP contribution in [-0.4, -0.2) is 67.4 Å². The Balaban J connectivity index is 1.29. The van der Waals surface area contributed by atoms with Gasteiger partial charge in [-0.2, -0.15) is 0 Å². The fraction of sp³-hybridized carbons (Fsp3) is 0.286. The molecule has 4 N–H and O–H groups in total. The van der Waals surface area contributed by atoms with E-state index in [0.717, 1.165) is 5.56 Å².